The van der Waals surface area contributed by atoms with E-state index in [4.69, 9.17) is 5.11 Å². The zero-order valence-corrected chi connectivity index (χ0v) is 6.86. The van der Waals surface area contributed by atoms with Crippen molar-refractivity contribution in [3.8, 4) is 0 Å². The molecule has 13 heavy (non-hydrogen) atoms. The maximum atomic E-state index is 12.8. The first kappa shape index (κ1) is 9.63. The average molecular weight is 188 g/mol. The first-order valence-electron chi connectivity index (χ1n) is 3.84. The number of nitrogens with zero attached hydrogens (tertiary/aromatic N) is 2. The number of halogens is 1. The molecule has 1 aliphatic heterocycles. The van der Waals surface area contributed by atoms with Gasteiger partial charge in [0.2, 0.25) is 5.83 Å². The SMILES string of the molecule is O=NN1CCC(=C(F)C(=O)O)CC1. The molecule has 1 heterocycles. The van der Waals surface area contributed by atoms with Crippen LogP contribution in [0.1, 0.15) is 12.8 Å². The Hall–Kier alpha value is -1.46. The highest BCUT2D eigenvalue weighted by molar-refractivity contribution is 5.84. The van der Waals surface area contributed by atoms with Crippen molar-refractivity contribution in [2.75, 3.05) is 13.1 Å². The minimum Gasteiger partial charge on any atom is -0.476 e. The zero-order chi connectivity index (χ0) is 9.84. The van der Waals surface area contributed by atoms with Crippen LogP contribution in [-0.2, 0) is 4.79 Å². The molecule has 0 saturated carbocycles. The quantitative estimate of drug-likeness (QED) is 0.519. The molecule has 0 radical (unpaired) electrons. The molecule has 0 unspecified atom stereocenters. The van der Waals surface area contributed by atoms with Crippen LogP contribution in [0.4, 0.5) is 4.39 Å². The van der Waals surface area contributed by atoms with Gasteiger partial charge in [-0.15, -0.1) is 4.91 Å². The average Bonchev–Trinajstić information content (AvgIpc) is 2.17. The lowest BCUT2D eigenvalue weighted by Gasteiger charge is -2.22. The normalized spacial score (nSPS) is 17.0. The minimum absolute atomic E-state index is 0.254. The maximum Gasteiger partial charge on any atom is 0.364 e. The van der Waals surface area contributed by atoms with Crippen LogP contribution in [0.25, 0.3) is 0 Å². The number of rotatable bonds is 2. The molecule has 1 saturated heterocycles. The lowest BCUT2D eigenvalue weighted by molar-refractivity contribution is -0.134. The number of carbonyl (C=O) groups is 1. The van der Waals surface area contributed by atoms with Crippen LogP contribution in [0.15, 0.2) is 16.7 Å². The molecule has 1 aliphatic rings. The second kappa shape index (κ2) is 3.97. The van der Waals surface area contributed by atoms with Crippen molar-refractivity contribution in [1.29, 1.82) is 0 Å². The van der Waals surface area contributed by atoms with E-state index in [-0.39, 0.29) is 18.4 Å². The van der Waals surface area contributed by atoms with E-state index >= 15 is 0 Å². The fraction of sp³-hybridized carbons (Fsp3) is 0.571. The Morgan fingerprint density at radius 1 is 1.46 bits per heavy atom. The van der Waals surface area contributed by atoms with Gasteiger partial charge in [0, 0.05) is 13.1 Å². The summed E-state index contributed by atoms with van der Waals surface area (Å²) in [5.41, 5.74) is 0.257. The highest BCUT2D eigenvalue weighted by Crippen LogP contribution is 2.20. The highest BCUT2D eigenvalue weighted by Gasteiger charge is 2.19. The largest absolute Gasteiger partial charge is 0.476 e. The Bertz CT molecular complexity index is 254. The van der Waals surface area contributed by atoms with E-state index in [1.807, 2.05) is 0 Å². The molecule has 1 fully saturated rings. The molecule has 0 amide bonds. The summed E-state index contributed by atoms with van der Waals surface area (Å²) < 4.78 is 12.8. The van der Waals surface area contributed by atoms with Gasteiger partial charge in [0.1, 0.15) is 0 Å². The molecule has 0 spiro atoms. The van der Waals surface area contributed by atoms with Crippen LogP contribution >= 0.6 is 0 Å². The summed E-state index contributed by atoms with van der Waals surface area (Å²) in [4.78, 5) is 20.2. The van der Waals surface area contributed by atoms with Crippen molar-refractivity contribution >= 4 is 5.97 Å². The molecule has 1 N–H and O–H groups in total. The van der Waals surface area contributed by atoms with Crippen molar-refractivity contribution in [2.24, 2.45) is 5.29 Å². The van der Waals surface area contributed by atoms with Gasteiger partial charge in [-0.2, -0.15) is 4.39 Å². The monoisotopic (exact) mass is 188 g/mol. The first-order chi connectivity index (χ1) is 6.15. The smallest absolute Gasteiger partial charge is 0.364 e. The highest BCUT2D eigenvalue weighted by atomic mass is 19.1. The summed E-state index contributed by atoms with van der Waals surface area (Å²) in [6.07, 6.45) is 0.508. The van der Waals surface area contributed by atoms with Crippen molar-refractivity contribution in [2.45, 2.75) is 12.8 Å². The molecular formula is C7H9FN2O3. The first-order valence-corrected chi connectivity index (χ1v) is 3.84. The third-order valence-electron chi connectivity index (χ3n) is 1.96. The van der Waals surface area contributed by atoms with Crippen LogP contribution in [0.5, 0.6) is 0 Å². The standard InChI is InChI=1S/C7H9FN2O3/c8-6(7(11)12)5-1-3-10(9-13)4-2-5/h1-4H2,(H,11,12). The molecule has 72 valence electrons. The minimum atomic E-state index is -1.54. The second-order valence-corrected chi connectivity index (χ2v) is 2.76. The van der Waals surface area contributed by atoms with Gasteiger partial charge in [-0.05, 0) is 18.4 Å². The number of aliphatic carboxylic acids is 1. The van der Waals surface area contributed by atoms with E-state index < -0.39 is 11.8 Å². The molecule has 6 heteroatoms. The third-order valence-corrected chi connectivity index (χ3v) is 1.96. The van der Waals surface area contributed by atoms with Gasteiger partial charge in [-0.3, -0.25) is 5.01 Å². The number of piperidine rings is 1. The van der Waals surface area contributed by atoms with E-state index in [2.05, 4.69) is 5.29 Å². The predicted octanol–water partition coefficient (Wildman–Crippen LogP) is 1.07. The lowest BCUT2D eigenvalue weighted by Crippen LogP contribution is -2.26. The van der Waals surface area contributed by atoms with Gasteiger partial charge in [-0.25, -0.2) is 4.79 Å². The Labute approximate surface area is 73.8 Å². The van der Waals surface area contributed by atoms with E-state index in [0.29, 0.717) is 13.1 Å². The topological polar surface area (TPSA) is 70.0 Å². The molecular weight excluding hydrogens is 179 g/mol. The van der Waals surface area contributed by atoms with Gasteiger partial charge in [0.25, 0.3) is 0 Å². The third kappa shape index (κ3) is 2.24. The Morgan fingerprint density at radius 3 is 2.38 bits per heavy atom. The number of nitroso groups, excluding NO2 is 1. The molecule has 1 rings (SSSR count). The van der Waals surface area contributed by atoms with Crippen LogP contribution in [0.2, 0.25) is 0 Å². The summed E-state index contributed by atoms with van der Waals surface area (Å²) in [5.74, 6) is -2.63. The lowest BCUT2D eigenvalue weighted by atomic mass is 10.0. The van der Waals surface area contributed by atoms with Crippen LogP contribution < -0.4 is 0 Å². The fourth-order valence-electron chi connectivity index (χ4n) is 1.22. The number of hydrogen-bond donors (Lipinski definition) is 1. The van der Waals surface area contributed by atoms with E-state index in [1.165, 1.54) is 5.01 Å². The molecule has 0 atom stereocenters. The molecule has 0 bridgehead atoms. The van der Waals surface area contributed by atoms with Gasteiger partial charge in [0.15, 0.2) is 0 Å². The number of carboxylic acid groups (broad SMARTS) is 1. The Morgan fingerprint density at radius 2 is 2.00 bits per heavy atom. The van der Waals surface area contributed by atoms with Gasteiger partial charge >= 0.3 is 5.97 Å². The van der Waals surface area contributed by atoms with Crippen LogP contribution in [0.3, 0.4) is 0 Å². The molecule has 0 aromatic heterocycles. The van der Waals surface area contributed by atoms with Gasteiger partial charge in [0.05, 0.1) is 5.29 Å². The van der Waals surface area contributed by atoms with Crippen molar-refractivity contribution in [3.63, 3.8) is 0 Å². The summed E-state index contributed by atoms with van der Waals surface area (Å²) in [5, 5.41) is 12.3. The van der Waals surface area contributed by atoms with E-state index in [9.17, 15) is 14.1 Å². The van der Waals surface area contributed by atoms with E-state index in [1.54, 1.807) is 0 Å². The molecule has 5 nitrogen and oxygen atoms in total. The number of hydrogen-bond acceptors (Lipinski definition) is 3. The van der Waals surface area contributed by atoms with Crippen molar-refractivity contribution in [3.05, 3.63) is 16.3 Å². The van der Waals surface area contributed by atoms with Gasteiger partial charge in [-0.1, -0.05) is 0 Å². The van der Waals surface area contributed by atoms with Crippen LogP contribution in [-0.4, -0.2) is 29.2 Å². The summed E-state index contributed by atoms with van der Waals surface area (Å²) >= 11 is 0. The fourth-order valence-corrected chi connectivity index (χ4v) is 1.22. The summed E-state index contributed by atoms with van der Waals surface area (Å²) in [6.45, 7) is 0.582. The molecule has 0 aliphatic carbocycles. The predicted molar refractivity (Wildman–Crippen MR) is 42.4 cm³/mol. The van der Waals surface area contributed by atoms with Crippen LogP contribution in [0, 0.1) is 4.91 Å². The number of carboxylic acids is 1. The van der Waals surface area contributed by atoms with Gasteiger partial charge < -0.3 is 5.11 Å². The Kier molecular flexibility index (Phi) is 2.94. The molecule has 0 aromatic rings. The summed E-state index contributed by atoms with van der Waals surface area (Å²) in [6, 6.07) is 0. The zero-order valence-electron chi connectivity index (χ0n) is 6.86. The Balaban J connectivity index is 2.63. The second-order valence-electron chi connectivity index (χ2n) is 2.76. The van der Waals surface area contributed by atoms with Crippen molar-refractivity contribution in [1.82, 2.24) is 5.01 Å². The van der Waals surface area contributed by atoms with E-state index in [0.717, 1.165) is 0 Å². The molecule has 0 aromatic carbocycles. The maximum absolute atomic E-state index is 12.8. The summed E-state index contributed by atoms with van der Waals surface area (Å²) in [7, 11) is 0. The van der Waals surface area contributed by atoms with Crippen molar-refractivity contribution < 1.29 is 14.3 Å².